The maximum Gasteiger partial charge on any atom is 0.0992 e. The van der Waals surface area contributed by atoms with Crippen molar-refractivity contribution in [3.63, 3.8) is 0 Å². The molecule has 3 N–H and O–H groups in total. The van der Waals surface area contributed by atoms with Crippen molar-refractivity contribution in [1.82, 2.24) is 0 Å². The Kier molecular flexibility index (Phi) is 4.69. The minimum absolute atomic E-state index is 0.754. The molecular weight excluding hydrogens is 282 g/mol. The van der Waals surface area contributed by atoms with Gasteiger partial charge in [-0.05, 0) is 11.6 Å². The molecule has 3 rings (SSSR count). The van der Waals surface area contributed by atoms with E-state index in [9.17, 15) is 0 Å². The molecule has 0 aliphatic rings. The molecule has 0 aromatic heterocycles. The highest BCUT2D eigenvalue weighted by atomic mass is 15.1. The van der Waals surface area contributed by atoms with Gasteiger partial charge in [0.25, 0.3) is 0 Å². The Balaban J connectivity index is 1.88. The van der Waals surface area contributed by atoms with Crippen LogP contribution in [0.25, 0.3) is 0 Å². The Labute approximate surface area is 136 Å². The fraction of sp³-hybridized carbons (Fsp3) is 0.0500. The first-order valence-corrected chi connectivity index (χ1v) is 7.59. The number of hydrazone groups is 1. The van der Waals surface area contributed by atoms with Crippen LogP contribution < -0.4 is 11.2 Å². The average Bonchev–Trinajstić information content (AvgIpc) is 2.63. The maximum absolute atomic E-state index is 5.67. The fourth-order valence-corrected chi connectivity index (χ4v) is 2.53. The van der Waals surface area contributed by atoms with Crippen molar-refractivity contribution in [2.75, 3.05) is 5.32 Å². The van der Waals surface area contributed by atoms with E-state index in [4.69, 9.17) is 5.84 Å². The van der Waals surface area contributed by atoms with Crippen molar-refractivity contribution >= 4 is 11.4 Å². The molecule has 0 aliphatic heterocycles. The number of hydrogen-bond donors (Lipinski definition) is 2. The largest absolute Gasteiger partial charge is 0.380 e. The zero-order valence-electron chi connectivity index (χ0n) is 12.8. The second-order valence-corrected chi connectivity index (χ2v) is 5.23. The summed E-state index contributed by atoms with van der Waals surface area (Å²) in [7, 11) is 0. The molecule has 0 radical (unpaired) electrons. The van der Waals surface area contributed by atoms with E-state index in [1.54, 1.807) is 0 Å². The summed E-state index contributed by atoms with van der Waals surface area (Å²) in [5.74, 6) is 5.67. The van der Waals surface area contributed by atoms with E-state index in [0.29, 0.717) is 0 Å². The Hall–Kier alpha value is -3.07. The zero-order chi connectivity index (χ0) is 15.9. The molecule has 3 nitrogen and oxygen atoms in total. The van der Waals surface area contributed by atoms with E-state index in [2.05, 4.69) is 22.6 Å². The molecule has 0 fully saturated rings. The quantitative estimate of drug-likeness (QED) is 0.425. The highest BCUT2D eigenvalue weighted by molar-refractivity contribution is 6.15. The van der Waals surface area contributed by atoms with Crippen LogP contribution in [-0.4, -0.2) is 5.71 Å². The van der Waals surface area contributed by atoms with Crippen LogP contribution >= 0.6 is 0 Å². The second-order valence-electron chi connectivity index (χ2n) is 5.23. The number of nitrogens with zero attached hydrogens (tertiary/aromatic N) is 1. The first-order chi connectivity index (χ1) is 11.4. The van der Waals surface area contributed by atoms with Gasteiger partial charge in [0.15, 0.2) is 0 Å². The van der Waals surface area contributed by atoms with Gasteiger partial charge in [0.05, 0.1) is 5.71 Å². The topological polar surface area (TPSA) is 50.4 Å². The molecule has 0 unspecified atom stereocenters. The molecule has 3 aromatic rings. The molecule has 0 saturated carbocycles. The van der Waals surface area contributed by atoms with Gasteiger partial charge in [-0.2, -0.15) is 5.10 Å². The number of benzene rings is 3. The standard InChI is InChI=1S/C20H19N3/c21-23-20(17-11-5-2-6-12-17)18-13-7-8-14-19(18)22-15-16-9-3-1-4-10-16/h1-14,22H,15,21H2. The number of hydrogen-bond acceptors (Lipinski definition) is 3. The van der Waals surface area contributed by atoms with Crippen molar-refractivity contribution in [1.29, 1.82) is 0 Å². The van der Waals surface area contributed by atoms with E-state index in [-0.39, 0.29) is 0 Å². The van der Waals surface area contributed by atoms with Gasteiger partial charge in [0.2, 0.25) is 0 Å². The molecule has 0 bridgehead atoms. The highest BCUT2D eigenvalue weighted by Gasteiger charge is 2.11. The molecule has 23 heavy (non-hydrogen) atoms. The normalized spacial score (nSPS) is 11.2. The highest BCUT2D eigenvalue weighted by Crippen LogP contribution is 2.20. The van der Waals surface area contributed by atoms with Crippen LogP contribution in [0.15, 0.2) is 90.0 Å². The van der Waals surface area contributed by atoms with E-state index >= 15 is 0 Å². The number of para-hydroxylation sites is 1. The molecule has 3 heteroatoms. The lowest BCUT2D eigenvalue weighted by Crippen LogP contribution is -2.10. The van der Waals surface area contributed by atoms with Crippen LogP contribution in [0.3, 0.4) is 0 Å². The monoisotopic (exact) mass is 301 g/mol. The smallest absolute Gasteiger partial charge is 0.0992 e. The lowest BCUT2D eigenvalue weighted by molar-refractivity contribution is 1.15. The Morgan fingerprint density at radius 3 is 2.09 bits per heavy atom. The van der Waals surface area contributed by atoms with E-state index in [1.807, 2.05) is 72.8 Å². The lowest BCUT2D eigenvalue weighted by Gasteiger charge is -2.14. The van der Waals surface area contributed by atoms with Gasteiger partial charge >= 0.3 is 0 Å². The third kappa shape index (κ3) is 3.58. The predicted octanol–water partition coefficient (Wildman–Crippen LogP) is 4.01. The first kappa shape index (κ1) is 14.9. The molecule has 0 heterocycles. The van der Waals surface area contributed by atoms with E-state index < -0.39 is 0 Å². The number of nitrogens with two attached hydrogens (primary N) is 1. The van der Waals surface area contributed by atoms with Crippen molar-refractivity contribution in [3.05, 3.63) is 102 Å². The van der Waals surface area contributed by atoms with Gasteiger partial charge in [-0.1, -0.05) is 78.9 Å². The predicted molar refractivity (Wildman–Crippen MR) is 96.5 cm³/mol. The third-order valence-electron chi connectivity index (χ3n) is 3.68. The van der Waals surface area contributed by atoms with Crippen molar-refractivity contribution in [3.8, 4) is 0 Å². The minimum Gasteiger partial charge on any atom is -0.380 e. The Morgan fingerprint density at radius 2 is 1.39 bits per heavy atom. The van der Waals surface area contributed by atoms with Crippen LogP contribution in [0.2, 0.25) is 0 Å². The van der Waals surface area contributed by atoms with Gasteiger partial charge in [-0.3, -0.25) is 0 Å². The summed E-state index contributed by atoms with van der Waals surface area (Å²) in [6.45, 7) is 0.754. The van der Waals surface area contributed by atoms with E-state index in [1.165, 1.54) is 5.56 Å². The molecule has 0 saturated heterocycles. The first-order valence-electron chi connectivity index (χ1n) is 7.59. The molecular formula is C20H19N3. The van der Waals surface area contributed by atoms with Crippen molar-refractivity contribution in [2.45, 2.75) is 6.54 Å². The fourth-order valence-electron chi connectivity index (χ4n) is 2.53. The van der Waals surface area contributed by atoms with Crippen molar-refractivity contribution < 1.29 is 0 Å². The maximum atomic E-state index is 5.67. The van der Waals surface area contributed by atoms with Gasteiger partial charge in [0.1, 0.15) is 0 Å². The SMILES string of the molecule is NN=C(c1ccccc1)c1ccccc1NCc1ccccc1. The summed E-state index contributed by atoms with van der Waals surface area (Å²) < 4.78 is 0. The van der Waals surface area contributed by atoms with Crippen LogP contribution in [-0.2, 0) is 6.54 Å². The molecule has 0 aliphatic carbocycles. The van der Waals surface area contributed by atoms with Crippen LogP contribution in [0.4, 0.5) is 5.69 Å². The minimum atomic E-state index is 0.754. The Bertz CT molecular complexity index is 780. The molecule has 0 spiro atoms. The average molecular weight is 301 g/mol. The summed E-state index contributed by atoms with van der Waals surface area (Å²) in [6, 6.07) is 28.4. The van der Waals surface area contributed by atoms with Crippen LogP contribution in [0, 0.1) is 0 Å². The van der Waals surface area contributed by atoms with E-state index in [0.717, 1.165) is 29.1 Å². The molecule has 0 amide bonds. The van der Waals surface area contributed by atoms with Crippen LogP contribution in [0.1, 0.15) is 16.7 Å². The zero-order valence-corrected chi connectivity index (χ0v) is 12.8. The summed E-state index contributed by atoms with van der Waals surface area (Å²) in [4.78, 5) is 0. The Morgan fingerprint density at radius 1 is 0.783 bits per heavy atom. The summed E-state index contributed by atoms with van der Waals surface area (Å²) in [6.07, 6.45) is 0. The number of rotatable bonds is 5. The van der Waals surface area contributed by atoms with Gasteiger partial charge in [-0.25, -0.2) is 0 Å². The van der Waals surface area contributed by atoms with Crippen LogP contribution in [0.5, 0.6) is 0 Å². The van der Waals surface area contributed by atoms with Gasteiger partial charge in [-0.15, -0.1) is 0 Å². The van der Waals surface area contributed by atoms with Gasteiger partial charge < -0.3 is 11.2 Å². The molecule has 0 atom stereocenters. The molecule has 114 valence electrons. The summed E-state index contributed by atoms with van der Waals surface area (Å²) in [5.41, 5.74) is 5.03. The number of anilines is 1. The lowest BCUT2D eigenvalue weighted by atomic mass is 10.0. The third-order valence-corrected chi connectivity index (χ3v) is 3.68. The van der Waals surface area contributed by atoms with Crippen molar-refractivity contribution in [2.24, 2.45) is 10.9 Å². The summed E-state index contributed by atoms with van der Waals surface area (Å²) in [5, 5.41) is 7.50. The van der Waals surface area contributed by atoms with Gasteiger partial charge in [0, 0.05) is 23.4 Å². The second kappa shape index (κ2) is 7.27. The molecule has 3 aromatic carbocycles. The number of nitrogens with one attached hydrogen (secondary N) is 1. The summed E-state index contributed by atoms with van der Waals surface area (Å²) >= 11 is 0.